The predicted octanol–water partition coefficient (Wildman–Crippen LogP) is 1.65. The van der Waals surface area contributed by atoms with Gasteiger partial charge in [-0.15, -0.1) is 0 Å². The summed E-state index contributed by atoms with van der Waals surface area (Å²) >= 11 is 0. The third-order valence-corrected chi connectivity index (χ3v) is 2.81. The number of hydrogen-bond donors (Lipinski definition) is 1. The van der Waals surface area contributed by atoms with E-state index in [9.17, 15) is 5.11 Å². The molecule has 0 radical (unpaired) electrons. The van der Waals surface area contributed by atoms with Crippen LogP contribution in [0.4, 0.5) is 0 Å². The molecule has 1 unspecified atom stereocenters. The zero-order valence-corrected chi connectivity index (χ0v) is 11.5. The molecule has 6 nitrogen and oxygen atoms in total. The van der Waals surface area contributed by atoms with Crippen molar-refractivity contribution in [2.24, 2.45) is 0 Å². The molecule has 2 rings (SSSR count). The van der Waals surface area contributed by atoms with Crippen LogP contribution in [0.1, 0.15) is 43.1 Å². The van der Waals surface area contributed by atoms with Gasteiger partial charge in [0, 0.05) is 18.4 Å². The van der Waals surface area contributed by atoms with Gasteiger partial charge in [0.05, 0.1) is 13.3 Å². The quantitative estimate of drug-likeness (QED) is 0.907. The van der Waals surface area contributed by atoms with Gasteiger partial charge in [0.15, 0.2) is 17.7 Å². The summed E-state index contributed by atoms with van der Waals surface area (Å²) in [7, 11) is 1.55. The summed E-state index contributed by atoms with van der Waals surface area (Å²) < 4.78 is 6.96. The molecule has 102 valence electrons. The van der Waals surface area contributed by atoms with Crippen LogP contribution < -0.4 is 4.74 Å². The minimum Gasteiger partial charge on any atom is -0.493 e. The SMILES string of the molecule is COc1cnn(C(C)C)c1C(O)c1ncc(C)cn1. The summed E-state index contributed by atoms with van der Waals surface area (Å²) in [6.07, 6.45) is 3.98. The minimum atomic E-state index is -0.958. The van der Waals surface area contributed by atoms with Crippen LogP contribution in [0.5, 0.6) is 5.75 Å². The maximum Gasteiger partial charge on any atom is 0.163 e. The number of nitrogens with zero attached hydrogens (tertiary/aromatic N) is 4. The first-order chi connectivity index (χ1) is 9.04. The van der Waals surface area contributed by atoms with Crippen molar-refractivity contribution in [2.75, 3.05) is 7.11 Å². The highest BCUT2D eigenvalue weighted by Crippen LogP contribution is 2.30. The Bertz CT molecular complexity index is 548. The zero-order valence-electron chi connectivity index (χ0n) is 11.5. The molecule has 0 aliphatic heterocycles. The van der Waals surface area contributed by atoms with Crippen LogP contribution in [0.25, 0.3) is 0 Å². The van der Waals surface area contributed by atoms with Crippen LogP contribution >= 0.6 is 0 Å². The van der Waals surface area contributed by atoms with Gasteiger partial charge in [-0.2, -0.15) is 5.10 Å². The van der Waals surface area contributed by atoms with Gasteiger partial charge < -0.3 is 9.84 Å². The highest BCUT2D eigenvalue weighted by molar-refractivity contribution is 5.31. The molecular formula is C13H18N4O2. The van der Waals surface area contributed by atoms with Gasteiger partial charge in [-0.25, -0.2) is 9.97 Å². The normalized spacial score (nSPS) is 12.7. The van der Waals surface area contributed by atoms with Gasteiger partial charge in [0.25, 0.3) is 0 Å². The van der Waals surface area contributed by atoms with E-state index in [1.165, 1.54) is 0 Å². The molecule has 0 aliphatic carbocycles. The van der Waals surface area contributed by atoms with E-state index in [2.05, 4.69) is 15.1 Å². The van der Waals surface area contributed by atoms with Gasteiger partial charge in [0.1, 0.15) is 5.69 Å². The Kier molecular flexibility index (Phi) is 3.80. The molecule has 1 atom stereocenters. The first-order valence-electron chi connectivity index (χ1n) is 6.12. The van der Waals surface area contributed by atoms with Crippen LogP contribution in [0.3, 0.4) is 0 Å². The third-order valence-electron chi connectivity index (χ3n) is 2.81. The van der Waals surface area contributed by atoms with Crippen LogP contribution in [0, 0.1) is 6.92 Å². The molecule has 0 spiro atoms. The number of aliphatic hydroxyl groups excluding tert-OH is 1. The molecule has 2 aromatic rings. The smallest absolute Gasteiger partial charge is 0.163 e. The highest BCUT2D eigenvalue weighted by Gasteiger charge is 2.24. The number of rotatable bonds is 4. The summed E-state index contributed by atoms with van der Waals surface area (Å²) in [5.74, 6) is 0.872. The molecule has 0 saturated carbocycles. The number of aliphatic hydroxyl groups is 1. The van der Waals surface area contributed by atoms with Crippen molar-refractivity contribution in [1.29, 1.82) is 0 Å². The number of ether oxygens (including phenoxy) is 1. The Labute approximate surface area is 112 Å². The monoisotopic (exact) mass is 262 g/mol. The second-order valence-corrected chi connectivity index (χ2v) is 4.66. The van der Waals surface area contributed by atoms with Crippen molar-refractivity contribution >= 4 is 0 Å². The Morgan fingerprint density at radius 3 is 2.37 bits per heavy atom. The predicted molar refractivity (Wildman–Crippen MR) is 70.0 cm³/mol. The molecule has 6 heteroatoms. The van der Waals surface area contributed by atoms with Gasteiger partial charge in [-0.05, 0) is 26.3 Å². The average molecular weight is 262 g/mol. The molecule has 0 fully saturated rings. The standard InChI is InChI=1S/C13H18N4O2/c1-8(2)17-11(10(19-4)7-16-17)12(18)13-14-5-9(3)6-15-13/h5-8,12,18H,1-4H3. The molecule has 1 N–H and O–H groups in total. The van der Waals surface area contributed by atoms with E-state index in [-0.39, 0.29) is 6.04 Å². The lowest BCUT2D eigenvalue weighted by molar-refractivity contribution is 0.190. The van der Waals surface area contributed by atoms with E-state index in [1.807, 2.05) is 20.8 Å². The van der Waals surface area contributed by atoms with E-state index in [0.717, 1.165) is 5.56 Å². The summed E-state index contributed by atoms with van der Waals surface area (Å²) in [6, 6.07) is 0.110. The summed E-state index contributed by atoms with van der Waals surface area (Å²) in [5, 5.41) is 14.7. The maximum atomic E-state index is 10.4. The van der Waals surface area contributed by atoms with Crippen molar-refractivity contribution in [1.82, 2.24) is 19.7 Å². The maximum absolute atomic E-state index is 10.4. The average Bonchev–Trinajstić information content (AvgIpc) is 2.82. The van der Waals surface area contributed by atoms with Gasteiger partial charge in [0.2, 0.25) is 0 Å². The van der Waals surface area contributed by atoms with Crippen molar-refractivity contribution in [3.63, 3.8) is 0 Å². The molecule has 0 aromatic carbocycles. The van der Waals surface area contributed by atoms with E-state index < -0.39 is 6.10 Å². The Hall–Kier alpha value is -1.95. The zero-order chi connectivity index (χ0) is 14.0. The number of hydrogen-bond acceptors (Lipinski definition) is 5. The lowest BCUT2D eigenvalue weighted by Crippen LogP contribution is -2.15. The lowest BCUT2D eigenvalue weighted by atomic mass is 10.2. The third kappa shape index (κ3) is 2.58. The van der Waals surface area contributed by atoms with E-state index in [0.29, 0.717) is 17.3 Å². The van der Waals surface area contributed by atoms with Crippen LogP contribution in [0.2, 0.25) is 0 Å². The van der Waals surface area contributed by atoms with Crippen molar-refractivity contribution in [2.45, 2.75) is 32.9 Å². The molecule has 0 aliphatic rings. The molecular weight excluding hydrogens is 244 g/mol. The first kappa shape index (κ1) is 13.5. The minimum absolute atomic E-state index is 0.110. The van der Waals surface area contributed by atoms with Crippen LogP contribution in [-0.2, 0) is 0 Å². The van der Waals surface area contributed by atoms with Gasteiger partial charge >= 0.3 is 0 Å². The summed E-state index contributed by atoms with van der Waals surface area (Å²) in [6.45, 7) is 5.87. The first-order valence-corrected chi connectivity index (χ1v) is 6.12. The fourth-order valence-electron chi connectivity index (χ4n) is 1.85. The number of aryl methyl sites for hydroxylation is 1. The summed E-state index contributed by atoms with van der Waals surface area (Å²) in [5.41, 5.74) is 1.52. The molecule has 2 heterocycles. The molecule has 2 aromatic heterocycles. The van der Waals surface area contributed by atoms with Crippen LogP contribution in [-0.4, -0.2) is 32.0 Å². The topological polar surface area (TPSA) is 73.1 Å². The molecule has 0 amide bonds. The van der Waals surface area contributed by atoms with Crippen molar-refractivity contribution < 1.29 is 9.84 Å². The summed E-state index contributed by atoms with van der Waals surface area (Å²) in [4.78, 5) is 8.30. The Morgan fingerprint density at radius 1 is 1.21 bits per heavy atom. The highest BCUT2D eigenvalue weighted by atomic mass is 16.5. The molecule has 19 heavy (non-hydrogen) atoms. The fraction of sp³-hybridized carbons (Fsp3) is 0.462. The Morgan fingerprint density at radius 2 is 1.84 bits per heavy atom. The van der Waals surface area contributed by atoms with Gasteiger partial charge in [-0.1, -0.05) is 0 Å². The lowest BCUT2D eigenvalue weighted by Gasteiger charge is -2.16. The molecule has 0 saturated heterocycles. The Balaban J connectivity index is 2.44. The molecule has 0 bridgehead atoms. The van der Waals surface area contributed by atoms with Crippen molar-refractivity contribution in [3.8, 4) is 5.75 Å². The number of methoxy groups -OCH3 is 1. The number of aromatic nitrogens is 4. The van der Waals surface area contributed by atoms with E-state index >= 15 is 0 Å². The van der Waals surface area contributed by atoms with Crippen molar-refractivity contribution in [3.05, 3.63) is 35.7 Å². The van der Waals surface area contributed by atoms with Gasteiger partial charge in [-0.3, -0.25) is 4.68 Å². The second kappa shape index (κ2) is 5.36. The van der Waals surface area contributed by atoms with E-state index in [1.54, 1.807) is 30.4 Å². The largest absolute Gasteiger partial charge is 0.493 e. The van der Waals surface area contributed by atoms with E-state index in [4.69, 9.17) is 4.74 Å². The fourth-order valence-corrected chi connectivity index (χ4v) is 1.85. The second-order valence-electron chi connectivity index (χ2n) is 4.66. The van der Waals surface area contributed by atoms with Crippen LogP contribution in [0.15, 0.2) is 18.6 Å².